The molecule has 1 unspecified atom stereocenters. The summed E-state index contributed by atoms with van der Waals surface area (Å²) in [6.45, 7) is 7.41. The van der Waals surface area contributed by atoms with Crippen molar-refractivity contribution in [1.82, 2.24) is 9.80 Å². The molecule has 1 amide bonds. The molecule has 2 heterocycles. The van der Waals surface area contributed by atoms with Crippen LogP contribution >= 0.6 is 22.6 Å². The predicted molar refractivity (Wildman–Crippen MR) is 116 cm³/mol. The van der Waals surface area contributed by atoms with E-state index < -0.39 is 0 Å². The van der Waals surface area contributed by atoms with Gasteiger partial charge in [0.1, 0.15) is 6.04 Å². The monoisotopic (exact) mass is 483 g/mol. The van der Waals surface area contributed by atoms with Gasteiger partial charge in [-0.1, -0.05) is 6.07 Å². The highest BCUT2D eigenvalue weighted by Gasteiger charge is 2.51. The van der Waals surface area contributed by atoms with Crippen molar-refractivity contribution < 1.29 is 9.90 Å². The normalized spacial score (nSPS) is 28.0. The molecule has 27 heavy (non-hydrogen) atoms. The van der Waals surface area contributed by atoms with Gasteiger partial charge in [0.05, 0.1) is 6.10 Å². The second-order valence-electron chi connectivity index (χ2n) is 8.46. The molecule has 2 atom stereocenters. The van der Waals surface area contributed by atoms with Crippen LogP contribution in [0.5, 0.6) is 0 Å². The van der Waals surface area contributed by atoms with E-state index in [-0.39, 0.29) is 23.5 Å². The Morgan fingerprint density at radius 2 is 2.00 bits per heavy atom. The van der Waals surface area contributed by atoms with Crippen molar-refractivity contribution in [3.8, 4) is 0 Å². The summed E-state index contributed by atoms with van der Waals surface area (Å²) >= 11 is 2.32. The molecule has 1 saturated carbocycles. The molecule has 0 bridgehead atoms. The topological polar surface area (TPSA) is 47.0 Å². The molecule has 3 aliphatic rings. The molecule has 3 fully saturated rings. The first-order chi connectivity index (χ1) is 13.0. The molecule has 5 nitrogen and oxygen atoms in total. The lowest BCUT2D eigenvalue weighted by Crippen LogP contribution is -2.56. The van der Waals surface area contributed by atoms with Gasteiger partial charge in [-0.15, -0.1) is 0 Å². The molecule has 0 radical (unpaired) electrons. The van der Waals surface area contributed by atoms with Crippen molar-refractivity contribution in [2.75, 3.05) is 44.2 Å². The predicted octanol–water partition coefficient (Wildman–Crippen LogP) is 2.57. The summed E-state index contributed by atoms with van der Waals surface area (Å²) in [7, 11) is 0. The van der Waals surface area contributed by atoms with Gasteiger partial charge in [-0.25, -0.2) is 0 Å². The smallest absolute Gasteiger partial charge is 0.245 e. The Hall–Kier alpha value is -0.860. The van der Waals surface area contributed by atoms with Gasteiger partial charge in [0.25, 0.3) is 0 Å². The number of nitrogens with zero attached hydrogens (tertiary/aromatic N) is 3. The fourth-order valence-electron chi connectivity index (χ4n) is 4.67. The molecule has 148 valence electrons. The quantitative estimate of drug-likeness (QED) is 0.655. The zero-order valence-electron chi connectivity index (χ0n) is 16.1. The van der Waals surface area contributed by atoms with E-state index in [0.717, 1.165) is 57.8 Å². The third-order valence-electron chi connectivity index (χ3n) is 6.75. The number of hydrogen-bond donors (Lipinski definition) is 1. The van der Waals surface area contributed by atoms with Gasteiger partial charge in [-0.3, -0.25) is 4.79 Å². The van der Waals surface area contributed by atoms with Gasteiger partial charge in [-0.2, -0.15) is 0 Å². The van der Waals surface area contributed by atoms with Crippen molar-refractivity contribution >= 4 is 34.2 Å². The standard InChI is InChI=1S/C21H30IN3O2/c1-16-20(27)24(12-13-25(16)18-5-2-4-17(22)14-18)10-3-9-23-11-8-21(6-7-21)19(26)15-23/h2,4-5,14,16,19,26H,3,6-13,15H2,1H3/t16?,19-/m1/s1. The van der Waals surface area contributed by atoms with Gasteiger partial charge in [0.15, 0.2) is 0 Å². The number of carbonyl (C=O) groups is 1. The lowest BCUT2D eigenvalue weighted by molar-refractivity contribution is -0.134. The molecule has 0 aromatic heterocycles. The Bertz CT molecular complexity index is 694. The number of aliphatic hydroxyl groups is 1. The number of piperazine rings is 1. The highest BCUT2D eigenvalue weighted by Crippen LogP contribution is 2.53. The van der Waals surface area contributed by atoms with Crippen molar-refractivity contribution in [3.63, 3.8) is 0 Å². The maximum atomic E-state index is 12.9. The van der Waals surface area contributed by atoms with Gasteiger partial charge in [0.2, 0.25) is 5.91 Å². The Balaban J connectivity index is 1.25. The minimum Gasteiger partial charge on any atom is -0.391 e. The van der Waals surface area contributed by atoms with Gasteiger partial charge in [0, 0.05) is 35.4 Å². The second-order valence-corrected chi connectivity index (χ2v) is 9.70. The van der Waals surface area contributed by atoms with E-state index in [4.69, 9.17) is 0 Å². The maximum Gasteiger partial charge on any atom is 0.245 e. The zero-order valence-corrected chi connectivity index (χ0v) is 18.3. The van der Waals surface area contributed by atoms with Crippen LogP contribution in [0.2, 0.25) is 0 Å². The zero-order chi connectivity index (χ0) is 19.0. The van der Waals surface area contributed by atoms with Crippen LogP contribution < -0.4 is 4.90 Å². The Morgan fingerprint density at radius 1 is 1.19 bits per heavy atom. The minimum absolute atomic E-state index is 0.108. The first kappa shape index (κ1) is 19.5. The van der Waals surface area contributed by atoms with Crippen LogP contribution in [0.15, 0.2) is 24.3 Å². The van der Waals surface area contributed by atoms with E-state index in [1.807, 2.05) is 11.8 Å². The summed E-state index contributed by atoms with van der Waals surface area (Å²) in [5, 5.41) is 10.3. The minimum atomic E-state index is -0.148. The molecule has 4 rings (SSSR count). The van der Waals surface area contributed by atoms with Crippen LogP contribution in [0.25, 0.3) is 0 Å². The third kappa shape index (κ3) is 4.12. The second kappa shape index (κ2) is 7.87. The summed E-state index contributed by atoms with van der Waals surface area (Å²) in [6, 6.07) is 8.27. The number of benzene rings is 1. The van der Waals surface area contributed by atoms with Crippen molar-refractivity contribution in [2.24, 2.45) is 5.41 Å². The summed E-state index contributed by atoms with van der Waals surface area (Å²) in [5.41, 5.74) is 1.41. The van der Waals surface area contributed by atoms with E-state index in [1.165, 1.54) is 16.4 Å². The molecule has 2 saturated heterocycles. The first-order valence-corrected chi connectivity index (χ1v) is 11.3. The van der Waals surface area contributed by atoms with E-state index in [0.29, 0.717) is 0 Å². The molecular formula is C21H30IN3O2. The van der Waals surface area contributed by atoms with Gasteiger partial charge >= 0.3 is 0 Å². The average molecular weight is 483 g/mol. The highest BCUT2D eigenvalue weighted by atomic mass is 127. The van der Waals surface area contributed by atoms with Crippen LogP contribution in [-0.2, 0) is 4.79 Å². The number of aliphatic hydroxyl groups excluding tert-OH is 1. The largest absolute Gasteiger partial charge is 0.391 e. The van der Waals surface area contributed by atoms with Crippen molar-refractivity contribution in [2.45, 2.75) is 44.8 Å². The summed E-state index contributed by atoms with van der Waals surface area (Å²) in [4.78, 5) is 19.5. The van der Waals surface area contributed by atoms with Crippen LogP contribution in [-0.4, -0.2) is 72.2 Å². The van der Waals surface area contributed by atoms with Crippen molar-refractivity contribution in [3.05, 3.63) is 27.8 Å². The molecule has 1 spiro atoms. The Labute approximate surface area is 175 Å². The van der Waals surface area contributed by atoms with Crippen LogP contribution in [0.3, 0.4) is 0 Å². The number of β-amino-alcohol motifs (C(OH)–C–C–N with tert-alkyl or cyclic N) is 1. The van der Waals surface area contributed by atoms with Gasteiger partial charge in [-0.05, 0) is 91.9 Å². The van der Waals surface area contributed by atoms with Crippen molar-refractivity contribution in [1.29, 1.82) is 0 Å². The van der Waals surface area contributed by atoms with E-state index in [9.17, 15) is 9.90 Å². The number of carbonyl (C=O) groups excluding carboxylic acids is 1. The molecule has 1 aliphatic carbocycles. The summed E-state index contributed by atoms with van der Waals surface area (Å²) < 4.78 is 1.20. The van der Waals surface area contributed by atoms with E-state index in [1.54, 1.807) is 0 Å². The fraction of sp³-hybridized carbons (Fsp3) is 0.667. The number of hydrogen-bond acceptors (Lipinski definition) is 4. The summed E-state index contributed by atoms with van der Waals surface area (Å²) in [6.07, 6.45) is 4.39. The molecule has 1 N–H and O–H groups in total. The van der Waals surface area contributed by atoms with Crippen LogP contribution in [0, 0.1) is 8.99 Å². The number of rotatable bonds is 5. The number of anilines is 1. The molecule has 1 aromatic rings. The first-order valence-electron chi connectivity index (χ1n) is 10.2. The van der Waals surface area contributed by atoms with Gasteiger partial charge < -0.3 is 19.8 Å². The Morgan fingerprint density at radius 3 is 2.70 bits per heavy atom. The Kier molecular flexibility index (Phi) is 5.67. The van der Waals surface area contributed by atoms with E-state index >= 15 is 0 Å². The van der Waals surface area contributed by atoms with Crippen LogP contribution in [0.1, 0.15) is 32.6 Å². The third-order valence-corrected chi connectivity index (χ3v) is 7.42. The summed E-state index contributed by atoms with van der Waals surface area (Å²) in [5.74, 6) is 0.232. The maximum absolute atomic E-state index is 12.9. The lowest BCUT2D eigenvalue weighted by Gasteiger charge is -2.41. The highest BCUT2D eigenvalue weighted by molar-refractivity contribution is 14.1. The van der Waals surface area contributed by atoms with E-state index in [2.05, 4.69) is 56.7 Å². The molecule has 6 heteroatoms. The fourth-order valence-corrected chi connectivity index (χ4v) is 5.19. The molecule has 2 aliphatic heterocycles. The number of halogens is 1. The molecular weight excluding hydrogens is 453 g/mol. The number of likely N-dealkylation sites (tertiary alicyclic amines) is 1. The number of amides is 1. The average Bonchev–Trinajstić information content (AvgIpc) is 3.43. The lowest BCUT2D eigenvalue weighted by atomic mass is 9.90. The SMILES string of the molecule is CC1C(=O)N(CCCN2CCC3(CC3)[C@H](O)C2)CCN1c1cccc(I)c1. The molecule has 1 aromatic carbocycles. The van der Waals surface area contributed by atoms with Crippen LogP contribution in [0.4, 0.5) is 5.69 Å². The number of piperidine rings is 1.